The number of esters is 1. The molecule has 2 amide bonds. The molecule has 0 aliphatic rings. The second-order valence-electron chi connectivity index (χ2n) is 8.25. The van der Waals surface area contributed by atoms with E-state index in [9.17, 15) is 14.4 Å². The monoisotopic (exact) mass is 421 g/mol. The third kappa shape index (κ3) is 6.41. The molecule has 0 bridgehead atoms. The van der Waals surface area contributed by atoms with E-state index in [1.807, 2.05) is 18.2 Å². The Labute approximate surface area is 182 Å². The maximum atomic E-state index is 12.4. The summed E-state index contributed by atoms with van der Waals surface area (Å²) in [6.07, 6.45) is -1.11. The maximum absolute atomic E-state index is 12.4. The first-order valence-corrected chi connectivity index (χ1v) is 9.95. The summed E-state index contributed by atoms with van der Waals surface area (Å²) < 4.78 is 5.17. The van der Waals surface area contributed by atoms with Gasteiger partial charge in [0.1, 0.15) is 12.1 Å². The van der Waals surface area contributed by atoms with E-state index in [2.05, 4.69) is 31.4 Å². The fraction of sp³-hybridized carbons (Fsp3) is 0.333. The Balaban J connectivity index is 1.93. The van der Waals surface area contributed by atoms with Crippen LogP contribution in [0, 0.1) is 11.3 Å². The molecule has 162 valence electrons. The predicted octanol–water partition coefficient (Wildman–Crippen LogP) is 3.54. The van der Waals surface area contributed by atoms with E-state index in [-0.39, 0.29) is 5.41 Å². The molecule has 0 saturated carbocycles. The Kier molecular flexibility index (Phi) is 7.54. The smallest absolute Gasteiger partial charge is 0.329 e. The number of hydrogen-bond donors (Lipinski definition) is 2. The number of benzene rings is 2. The standard InChI is InChI=1S/C24H27N3O4/c1-15(26-22(29)17-10-12-19(13-11-17)24(3,4)5)23(30)31-16(2)21(28)27-20-9-7-6-8-18(20)14-25/h6-13,15-16H,1-5H3,(H,26,29)(H,27,28)/t15-,16+/m0/s1. The highest BCUT2D eigenvalue weighted by Crippen LogP contribution is 2.22. The minimum Gasteiger partial charge on any atom is -0.451 e. The highest BCUT2D eigenvalue weighted by atomic mass is 16.5. The fourth-order valence-electron chi connectivity index (χ4n) is 2.71. The van der Waals surface area contributed by atoms with Crippen molar-refractivity contribution in [1.82, 2.24) is 5.32 Å². The van der Waals surface area contributed by atoms with Gasteiger partial charge >= 0.3 is 5.97 Å². The zero-order chi connectivity index (χ0) is 23.2. The third-order valence-electron chi connectivity index (χ3n) is 4.68. The van der Waals surface area contributed by atoms with Gasteiger partial charge < -0.3 is 15.4 Å². The van der Waals surface area contributed by atoms with Gasteiger partial charge in [-0.3, -0.25) is 9.59 Å². The van der Waals surface area contributed by atoms with Crippen LogP contribution in [0.4, 0.5) is 5.69 Å². The first-order valence-electron chi connectivity index (χ1n) is 9.95. The van der Waals surface area contributed by atoms with Crippen LogP contribution in [0.25, 0.3) is 0 Å². The molecule has 0 aliphatic carbocycles. The molecule has 7 nitrogen and oxygen atoms in total. The molecule has 2 N–H and O–H groups in total. The van der Waals surface area contributed by atoms with Crippen LogP contribution in [0.2, 0.25) is 0 Å². The molecular weight excluding hydrogens is 394 g/mol. The van der Waals surface area contributed by atoms with E-state index < -0.39 is 29.9 Å². The van der Waals surface area contributed by atoms with E-state index >= 15 is 0 Å². The molecule has 0 saturated heterocycles. The van der Waals surface area contributed by atoms with E-state index in [1.54, 1.807) is 36.4 Å². The fourth-order valence-corrected chi connectivity index (χ4v) is 2.71. The van der Waals surface area contributed by atoms with Crippen molar-refractivity contribution in [3.05, 3.63) is 65.2 Å². The Hall–Kier alpha value is -3.66. The molecule has 0 heterocycles. The summed E-state index contributed by atoms with van der Waals surface area (Å²) in [5.74, 6) is -1.73. The minimum absolute atomic E-state index is 0.0312. The number of nitriles is 1. The number of ether oxygens (including phenoxy) is 1. The number of amides is 2. The lowest BCUT2D eigenvalue weighted by Gasteiger charge is -2.20. The second-order valence-corrected chi connectivity index (χ2v) is 8.25. The number of rotatable bonds is 6. The highest BCUT2D eigenvalue weighted by molar-refractivity contribution is 5.98. The summed E-state index contributed by atoms with van der Waals surface area (Å²) in [5.41, 5.74) is 2.11. The van der Waals surface area contributed by atoms with Crippen LogP contribution in [0.3, 0.4) is 0 Å². The van der Waals surface area contributed by atoms with Gasteiger partial charge in [0.15, 0.2) is 6.10 Å². The highest BCUT2D eigenvalue weighted by Gasteiger charge is 2.24. The van der Waals surface area contributed by atoms with Crippen LogP contribution in [0.5, 0.6) is 0 Å². The Morgan fingerprint density at radius 1 is 1.00 bits per heavy atom. The van der Waals surface area contributed by atoms with Crippen molar-refractivity contribution in [2.24, 2.45) is 0 Å². The van der Waals surface area contributed by atoms with Gasteiger partial charge in [-0.25, -0.2) is 4.79 Å². The molecule has 2 aromatic carbocycles. The molecule has 31 heavy (non-hydrogen) atoms. The Bertz CT molecular complexity index is 1000. The maximum Gasteiger partial charge on any atom is 0.329 e. The van der Waals surface area contributed by atoms with Gasteiger partial charge in [0.2, 0.25) is 0 Å². The van der Waals surface area contributed by atoms with Crippen molar-refractivity contribution in [3.63, 3.8) is 0 Å². The third-order valence-corrected chi connectivity index (χ3v) is 4.68. The number of carbonyl (C=O) groups is 3. The quantitative estimate of drug-likeness (QED) is 0.694. The molecule has 0 aromatic heterocycles. The summed E-state index contributed by atoms with van der Waals surface area (Å²) in [5, 5.41) is 14.2. The predicted molar refractivity (Wildman–Crippen MR) is 117 cm³/mol. The normalized spacial score (nSPS) is 12.8. The summed E-state index contributed by atoms with van der Waals surface area (Å²) in [4.78, 5) is 37.0. The minimum atomic E-state index is -1.11. The van der Waals surface area contributed by atoms with E-state index in [0.29, 0.717) is 16.8 Å². The van der Waals surface area contributed by atoms with Gasteiger partial charge in [0, 0.05) is 5.56 Å². The Morgan fingerprint density at radius 3 is 2.19 bits per heavy atom. The summed E-state index contributed by atoms with van der Waals surface area (Å²) in [7, 11) is 0. The molecule has 2 atom stereocenters. The summed E-state index contributed by atoms with van der Waals surface area (Å²) >= 11 is 0. The number of nitrogens with one attached hydrogen (secondary N) is 2. The largest absolute Gasteiger partial charge is 0.451 e. The first-order chi connectivity index (χ1) is 14.5. The molecule has 2 aromatic rings. The van der Waals surface area contributed by atoms with E-state index in [1.165, 1.54) is 13.8 Å². The van der Waals surface area contributed by atoms with Gasteiger partial charge in [-0.05, 0) is 49.1 Å². The van der Waals surface area contributed by atoms with Gasteiger partial charge in [-0.15, -0.1) is 0 Å². The lowest BCUT2D eigenvalue weighted by molar-refractivity contribution is -0.154. The van der Waals surface area contributed by atoms with Crippen LogP contribution in [0.1, 0.15) is 56.1 Å². The van der Waals surface area contributed by atoms with Crippen LogP contribution >= 0.6 is 0 Å². The van der Waals surface area contributed by atoms with Crippen molar-refractivity contribution < 1.29 is 19.1 Å². The first kappa shape index (κ1) is 23.6. The topological polar surface area (TPSA) is 108 Å². The van der Waals surface area contributed by atoms with Crippen molar-refractivity contribution in [3.8, 4) is 6.07 Å². The van der Waals surface area contributed by atoms with Gasteiger partial charge in [-0.2, -0.15) is 5.26 Å². The average molecular weight is 421 g/mol. The summed E-state index contributed by atoms with van der Waals surface area (Å²) in [6.45, 7) is 9.14. The lowest BCUT2D eigenvalue weighted by atomic mass is 9.86. The lowest BCUT2D eigenvalue weighted by Crippen LogP contribution is -2.42. The van der Waals surface area contributed by atoms with E-state index in [4.69, 9.17) is 10.00 Å². The van der Waals surface area contributed by atoms with Crippen molar-refractivity contribution in [2.75, 3.05) is 5.32 Å². The second kappa shape index (κ2) is 9.90. The number of anilines is 1. The number of para-hydroxylation sites is 1. The molecule has 0 unspecified atom stereocenters. The van der Waals surface area contributed by atoms with Crippen LogP contribution in [-0.2, 0) is 19.7 Å². The zero-order valence-electron chi connectivity index (χ0n) is 18.4. The molecule has 2 rings (SSSR count). The number of nitrogens with zero attached hydrogens (tertiary/aromatic N) is 1. The summed E-state index contributed by atoms with van der Waals surface area (Å²) in [6, 6.07) is 14.7. The number of carbonyl (C=O) groups excluding carboxylic acids is 3. The number of hydrogen-bond acceptors (Lipinski definition) is 5. The van der Waals surface area contributed by atoms with Crippen molar-refractivity contribution in [1.29, 1.82) is 5.26 Å². The van der Waals surface area contributed by atoms with Crippen LogP contribution in [-0.4, -0.2) is 29.9 Å². The van der Waals surface area contributed by atoms with Crippen molar-refractivity contribution >= 4 is 23.5 Å². The molecule has 0 aliphatic heterocycles. The SMILES string of the molecule is C[C@H](NC(=O)c1ccc(C(C)(C)C)cc1)C(=O)O[C@H](C)C(=O)Nc1ccccc1C#N. The van der Waals surface area contributed by atoms with Crippen LogP contribution < -0.4 is 10.6 Å². The van der Waals surface area contributed by atoms with Gasteiger partial charge in [0.05, 0.1) is 11.3 Å². The zero-order valence-corrected chi connectivity index (χ0v) is 18.4. The van der Waals surface area contributed by atoms with Gasteiger partial charge in [0.25, 0.3) is 11.8 Å². The van der Waals surface area contributed by atoms with Crippen molar-refractivity contribution in [2.45, 2.75) is 52.2 Å². The van der Waals surface area contributed by atoms with E-state index in [0.717, 1.165) is 5.56 Å². The molecular formula is C24H27N3O4. The molecule has 0 spiro atoms. The molecule has 7 heteroatoms. The molecule has 0 radical (unpaired) electrons. The Morgan fingerprint density at radius 2 is 1.61 bits per heavy atom. The molecule has 0 fully saturated rings. The van der Waals surface area contributed by atoms with Gasteiger partial charge in [-0.1, -0.05) is 45.0 Å². The van der Waals surface area contributed by atoms with Crippen LogP contribution in [0.15, 0.2) is 48.5 Å². The average Bonchev–Trinajstić information content (AvgIpc) is 2.73.